The minimum atomic E-state index is -0.537. The molecule has 0 bridgehead atoms. The number of hydrogen-bond acceptors (Lipinski definition) is 4. The Morgan fingerprint density at radius 2 is 2.29 bits per heavy atom. The Kier molecular flexibility index (Phi) is 3.75. The van der Waals surface area contributed by atoms with Crippen molar-refractivity contribution in [3.05, 3.63) is 22.4 Å². The summed E-state index contributed by atoms with van der Waals surface area (Å²) < 4.78 is 4.96. The van der Waals surface area contributed by atoms with E-state index < -0.39 is 6.04 Å². The fraction of sp³-hybridized carbons (Fsp3) is 0.455. The lowest BCUT2D eigenvalue weighted by Gasteiger charge is -2.28. The first-order valence-corrected chi connectivity index (χ1v) is 6.27. The summed E-state index contributed by atoms with van der Waals surface area (Å²) in [6.45, 7) is 2.77. The topological polar surface area (TPSA) is 67.4 Å². The van der Waals surface area contributed by atoms with Crippen molar-refractivity contribution >= 4 is 23.2 Å². The van der Waals surface area contributed by atoms with Crippen LogP contribution in [0.15, 0.2) is 17.5 Å². The van der Waals surface area contributed by atoms with Crippen molar-refractivity contribution in [3.8, 4) is 0 Å². The summed E-state index contributed by atoms with van der Waals surface area (Å²) in [5.41, 5.74) is 0. The lowest BCUT2D eigenvalue weighted by atomic mass is 10.2. The predicted octanol–water partition coefficient (Wildman–Crippen LogP) is 0.381. The van der Waals surface area contributed by atoms with Gasteiger partial charge in [0.2, 0.25) is 5.91 Å². The summed E-state index contributed by atoms with van der Waals surface area (Å²) in [6, 6.07) is 3.08. The number of ether oxygens (including phenoxy) is 1. The third-order valence-electron chi connectivity index (χ3n) is 2.47. The highest BCUT2D eigenvalue weighted by Crippen LogP contribution is 2.08. The van der Waals surface area contributed by atoms with E-state index in [1.54, 1.807) is 19.1 Å². The van der Waals surface area contributed by atoms with E-state index in [2.05, 4.69) is 10.6 Å². The molecule has 0 radical (unpaired) electrons. The third kappa shape index (κ3) is 3.04. The fourth-order valence-electron chi connectivity index (χ4n) is 1.39. The van der Waals surface area contributed by atoms with Gasteiger partial charge in [0.05, 0.1) is 24.1 Å². The summed E-state index contributed by atoms with van der Waals surface area (Å²) >= 11 is 1.35. The molecule has 1 aliphatic heterocycles. The molecule has 0 spiro atoms. The summed E-state index contributed by atoms with van der Waals surface area (Å²) in [5, 5.41) is 7.27. The average molecular weight is 254 g/mol. The van der Waals surface area contributed by atoms with Crippen LogP contribution in [-0.4, -0.2) is 37.1 Å². The van der Waals surface area contributed by atoms with Crippen molar-refractivity contribution in [1.82, 2.24) is 10.6 Å². The fourth-order valence-corrected chi connectivity index (χ4v) is 2.01. The Morgan fingerprint density at radius 1 is 1.53 bits per heavy atom. The lowest BCUT2D eigenvalue weighted by Crippen LogP contribution is -2.54. The standard InChI is InChI=1S/C11H14N2O3S/c1-7(10(14)13-8-5-16-6-8)12-11(15)9-3-2-4-17-9/h2-4,7-8H,5-6H2,1H3,(H,12,15)(H,13,14). The summed E-state index contributed by atoms with van der Waals surface area (Å²) in [5.74, 6) is -0.393. The maximum absolute atomic E-state index is 11.7. The Bertz CT molecular complexity index is 401. The van der Waals surface area contributed by atoms with Crippen LogP contribution in [0, 0.1) is 0 Å². The Balaban J connectivity index is 1.81. The highest BCUT2D eigenvalue weighted by atomic mass is 32.1. The molecule has 5 nitrogen and oxygen atoms in total. The second kappa shape index (κ2) is 5.29. The van der Waals surface area contributed by atoms with Crippen molar-refractivity contribution in [2.45, 2.75) is 19.0 Å². The van der Waals surface area contributed by atoms with Crippen LogP contribution in [0.1, 0.15) is 16.6 Å². The van der Waals surface area contributed by atoms with Crippen molar-refractivity contribution in [1.29, 1.82) is 0 Å². The van der Waals surface area contributed by atoms with Gasteiger partial charge in [0, 0.05) is 0 Å². The molecule has 1 aliphatic rings. The molecule has 0 aliphatic carbocycles. The van der Waals surface area contributed by atoms with Gasteiger partial charge in [-0.25, -0.2) is 0 Å². The number of thiophene rings is 1. The maximum atomic E-state index is 11.7. The predicted molar refractivity (Wildman–Crippen MR) is 64.0 cm³/mol. The van der Waals surface area contributed by atoms with Gasteiger partial charge in [0.1, 0.15) is 6.04 Å². The number of hydrogen-bond donors (Lipinski definition) is 2. The summed E-state index contributed by atoms with van der Waals surface area (Å²) in [6.07, 6.45) is 0. The van der Waals surface area contributed by atoms with Gasteiger partial charge in [-0.3, -0.25) is 9.59 Å². The molecular weight excluding hydrogens is 240 g/mol. The second-order valence-electron chi connectivity index (χ2n) is 3.92. The van der Waals surface area contributed by atoms with Crippen LogP contribution in [-0.2, 0) is 9.53 Å². The van der Waals surface area contributed by atoms with Crippen molar-refractivity contribution in [2.24, 2.45) is 0 Å². The minimum absolute atomic E-state index is 0.0867. The zero-order valence-electron chi connectivity index (χ0n) is 9.43. The van der Waals surface area contributed by atoms with Crippen LogP contribution in [0.25, 0.3) is 0 Å². The molecule has 17 heavy (non-hydrogen) atoms. The largest absolute Gasteiger partial charge is 0.377 e. The molecule has 2 heterocycles. The van der Waals surface area contributed by atoms with E-state index in [4.69, 9.17) is 4.74 Å². The van der Waals surface area contributed by atoms with E-state index >= 15 is 0 Å². The zero-order chi connectivity index (χ0) is 12.3. The van der Waals surface area contributed by atoms with Crippen molar-refractivity contribution < 1.29 is 14.3 Å². The van der Waals surface area contributed by atoms with E-state index in [9.17, 15) is 9.59 Å². The first-order chi connectivity index (χ1) is 8.16. The molecule has 1 atom stereocenters. The molecule has 92 valence electrons. The molecule has 1 unspecified atom stereocenters. The molecule has 1 fully saturated rings. The van der Waals surface area contributed by atoms with Gasteiger partial charge in [-0.2, -0.15) is 0 Å². The third-order valence-corrected chi connectivity index (χ3v) is 3.34. The van der Waals surface area contributed by atoms with E-state index in [1.165, 1.54) is 11.3 Å². The van der Waals surface area contributed by atoms with Gasteiger partial charge in [-0.05, 0) is 18.4 Å². The van der Waals surface area contributed by atoms with Crippen LogP contribution >= 0.6 is 11.3 Å². The molecule has 1 saturated heterocycles. The minimum Gasteiger partial charge on any atom is -0.377 e. The smallest absolute Gasteiger partial charge is 0.261 e. The molecule has 2 N–H and O–H groups in total. The first kappa shape index (κ1) is 12.1. The molecule has 1 aromatic heterocycles. The highest BCUT2D eigenvalue weighted by molar-refractivity contribution is 7.12. The summed E-state index contributed by atoms with van der Waals surface area (Å²) in [7, 11) is 0. The van der Waals surface area contributed by atoms with Crippen LogP contribution in [0.2, 0.25) is 0 Å². The number of carbonyl (C=O) groups is 2. The molecule has 2 amide bonds. The van der Waals surface area contributed by atoms with Crippen molar-refractivity contribution in [3.63, 3.8) is 0 Å². The Labute approximate surface area is 103 Å². The van der Waals surface area contributed by atoms with E-state index in [0.717, 1.165) is 0 Å². The van der Waals surface area contributed by atoms with Gasteiger partial charge in [-0.1, -0.05) is 6.07 Å². The normalized spacial score (nSPS) is 17.0. The van der Waals surface area contributed by atoms with Gasteiger partial charge >= 0.3 is 0 Å². The first-order valence-electron chi connectivity index (χ1n) is 5.39. The molecule has 0 saturated carbocycles. The quantitative estimate of drug-likeness (QED) is 0.816. The van der Waals surface area contributed by atoms with Gasteiger partial charge < -0.3 is 15.4 Å². The second-order valence-corrected chi connectivity index (χ2v) is 4.86. The van der Waals surface area contributed by atoms with Crippen LogP contribution in [0.4, 0.5) is 0 Å². The van der Waals surface area contributed by atoms with E-state index in [0.29, 0.717) is 18.1 Å². The number of carbonyl (C=O) groups excluding carboxylic acids is 2. The molecule has 2 rings (SSSR count). The zero-order valence-corrected chi connectivity index (χ0v) is 10.3. The molecule has 1 aromatic rings. The lowest BCUT2D eigenvalue weighted by molar-refractivity contribution is -0.126. The Morgan fingerprint density at radius 3 is 2.82 bits per heavy atom. The van der Waals surface area contributed by atoms with Gasteiger partial charge in [0.15, 0.2) is 0 Å². The highest BCUT2D eigenvalue weighted by Gasteiger charge is 2.24. The number of amides is 2. The van der Waals surface area contributed by atoms with Crippen molar-refractivity contribution in [2.75, 3.05) is 13.2 Å². The maximum Gasteiger partial charge on any atom is 0.261 e. The summed E-state index contributed by atoms with van der Waals surface area (Å²) in [4.78, 5) is 24.0. The monoisotopic (exact) mass is 254 g/mol. The SMILES string of the molecule is CC(NC(=O)c1cccs1)C(=O)NC1COC1. The van der Waals surface area contributed by atoms with Gasteiger partial charge in [-0.15, -0.1) is 11.3 Å². The average Bonchev–Trinajstić information content (AvgIpc) is 2.76. The molecular formula is C11H14N2O3S. The van der Waals surface area contributed by atoms with Crippen LogP contribution in [0.3, 0.4) is 0 Å². The molecule has 6 heteroatoms. The van der Waals surface area contributed by atoms with Crippen LogP contribution in [0.5, 0.6) is 0 Å². The number of rotatable bonds is 4. The molecule has 0 aromatic carbocycles. The number of nitrogens with one attached hydrogen (secondary N) is 2. The van der Waals surface area contributed by atoms with E-state index in [-0.39, 0.29) is 17.9 Å². The van der Waals surface area contributed by atoms with Gasteiger partial charge in [0.25, 0.3) is 5.91 Å². The van der Waals surface area contributed by atoms with Crippen LogP contribution < -0.4 is 10.6 Å². The van der Waals surface area contributed by atoms with E-state index in [1.807, 2.05) is 5.38 Å². The Hall–Kier alpha value is -1.40.